The van der Waals surface area contributed by atoms with Crippen molar-refractivity contribution in [1.82, 2.24) is 5.32 Å². The molecule has 0 saturated heterocycles. The quantitative estimate of drug-likeness (QED) is 0.384. The van der Waals surface area contributed by atoms with Gasteiger partial charge in [0.25, 0.3) is 0 Å². The van der Waals surface area contributed by atoms with Gasteiger partial charge in [-0.3, -0.25) is 0 Å². The van der Waals surface area contributed by atoms with Gasteiger partial charge in [-0.2, -0.15) is 0 Å². The van der Waals surface area contributed by atoms with E-state index in [0.29, 0.717) is 6.61 Å². The van der Waals surface area contributed by atoms with Gasteiger partial charge >= 0.3 is 0 Å². The zero-order chi connectivity index (χ0) is 16.9. The van der Waals surface area contributed by atoms with Crippen molar-refractivity contribution in [1.29, 1.82) is 0 Å². The standard InChI is InChI=1S/C20H33NO2.ClH/c1-5-8-9-10-11-13-21-16-17-14-18(12-6-2)20(23-7-3)19(15-17)22-4;/h6,14-15,21H,2,5,7-13,16H2,1,3-4H3;1H. The highest BCUT2D eigenvalue weighted by Crippen LogP contribution is 2.33. The van der Waals surface area contributed by atoms with E-state index in [1.54, 1.807) is 7.11 Å². The van der Waals surface area contributed by atoms with E-state index in [9.17, 15) is 0 Å². The monoisotopic (exact) mass is 355 g/mol. The number of methoxy groups -OCH3 is 1. The number of hydrogen-bond donors (Lipinski definition) is 1. The maximum Gasteiger partial charge on any atom is 0.164 e. The molecule has 0 saturated carbocycles. The Labute approximate surface area is 154 Å². The number of rotatable bonds is 13. The third kappa shape index (κ3) is 8.07. The number of allylic oxidation sites excluding steroid dienone is 1. The lowest BCUT2D eigenvalue weighted by atomic mass is 10.1. The number of ether oxygens (including phenoxy) is 2. The van der Waals surface area contributed by atoms with E-state index >= 15 is 0 Å². The van der Waals surface area contributed by atoms with Gasteiger partial charge in [0.2, 0.25) is 0 Å². The van der Waals surface area contributed by atoms with Gasteiger partial charge in [0.1, 0.15) is 0 Å². The summed E-state index contributed by atoms with van der Waals surface area (Å²) in [5, 5.41) is 3.53. The van der Waals surface area contributed by atoms with Crippen LogP contribution in [-0.2, 0) is 13.0 Å². The molecule has 0 spiro atoms. The highest BCUT2D eigenvalue weighted by molar-refractivity contribution is 5.85. The predicted molar refractivity (Wildman–Crippen MR) is 106 cm³/mol. The molecule has 0 aliphatic heterocycles. The van der Waals surface area contributed by atoms with E-state index < -0.39 is 0 Å². The van der Waals surface area contributed by atoms with Crippen LogP contribution in [0.3, 0.4) is 0 Å². The molecule has 0 aliphatic carbocycles. The summed E-state index contributed by atoms with van der Waals surface area (Å²) in [5.74, 6) is 1.66. The van der Waals surface area contributed by atoms with Gasteiger partial charge in [0, 0.05) is 12.1 Å². The maximum atomic E-state index is 5.75. The maximum absolute atomic E-state index is 5.75. The van der Waals surface area contributed by atoms with E-state index in [-0.39, 0.29) is 12.4 Å². The molecule has 1 rings (SSSR count). The van der Waals surface area contributed by atoms with Crippen molar-refractivity contribution in [2.24, 2.45) is 0 Å². The van der Waals surface area contributed by atoms with Crippen LogP contribution in [0.2, 0.25) is 0 Å². The first-order valence-corrected chi connectivity index (χ1v) is 8.90. The van der Waals surface area contributed by atoms with Crippen molar-refractivity contribution in [2.75, 3.05) is 20.3 Å². The smallest absolute Gasteiger partial charge is 0.164 e. The minimum atomic E-state index is 0. The van der Waals surface area contributed by atoms with Crippen LogP contribution in [-0.4, -0.2) is 20.3 Å². The van der Waals surface area contributed by atoms with Gasteiger partial charge in [-0.1, -0.05) is 44.7 Å². The molecule has 0 radical (unpaired) electrons. The lowest BCUT2D eigenvalue weighted by Gasteiger charge is -2.16. The predicted octanol–water partition coefficient (Wildman–Crippen LogP) is 5.30. The summed E-state index contributed by atoms with van der Waals surface area (Å²) in [7, 11) is 1.69. The van der Waals surface area contributed by atoms with E-state index in [2.05, 4.69) is 31.0 Å². The molecular weight excluding hydrogens is 322 g/mol. The fourth-order valence-electron chi connectivity index (χ4n) is 2.68. The Morgan fingerprint density at radius 2 is 1.88 bits per heavy atom. The normalized spacial score (nSPS) is 10.1. The fraction of sp³-hybridized carbons (Fsp3) is 0.600. The molecule has 0 amide bonds. The zero-order valence-corrected chi connectivity index (χ0v) is 16.3. The fourth-order valence-corrected chi connectivity index (χ4v) is 2.68. The van der Waals surface area contributed by atoms with Crippen LogP contribution in [0.1, 0.15) is 57.1 Å². The Bertz CT molecular complexity index is 463. The Balaban J connectivity index is 0.00000529. The minimum absolute atomic E-state index is 0. The van der Waals surface area contributed by atoms with Crippen LogP contribution in [0.5, 0.6) is 11.5 Å². The molecule has 0 aliphatic rings. The number of unbranched alkanes of at least 4 members (excludes halogenated alkanes) is 4. The Hall–Kier alpha value is -1.19. The van der Waals surface area contributed by atoms with Crippen LogP contribution >= 0.6 is 12.4 Å². The zero-order valence-electron chi connectivity index (χ0n) is 15.5. The molecule has 0 heterocycles. The Morgan fingerprint density at radius 1 is 1.12 bits per heavy atom. The molecule has 0 bridgehead atoms. The number of nitrogens with one attached hydrogen (secondary N) is 1. The lowest BCUT2D eigenvalue weighted by molar-refractivity contribution is 0.308. The molecule has 1 N–H and O–H groups in total. The summed E-state index contributed by atoms with van der Waals surface area (Å²) < 4.78 is 11.3. The van der Waals surface area contributed by atoms with Crippen molar-refractivity contribution < 1.29 is 9.47 Å². The van der Waals surface area contributed by atoms with E-state index in [0.717, 1.165) is 36.6 Å². The second-order valence-electron chi connectivity index (χ2n) is 5.80. The average Bonchev–Trinajstić information content (AvgIpc) is 2.56. The van der Waals surface area contributed by atoms with Crippen LogP contribution in [0.4, 0.5) is 0 Å². The summed E-state index contributed by atoms with van der Waals surface area (Å²) in [6.07, 6.45) is 9.24. The Kier molecular flexibility index (Phi) is 13.5. The number of hydrogen-bond acceptors (Lipinski definition) is 3. The summed E-state index contributed by atoms with van der Waals surface area (Å²) in [4.78, 5) is 0. The molecule has 0 aromatic heterocycles. The van der Waals surface area contributed by atoms with Gasteiger partial charge in [0.05, 0.1) is 13.7 Å². The Morgan fingerprint density at radius 3 is 2.50 bits per heavy atom. The molecule has 1 aromatic carbocycles. The molecule has 24 heavy (non-hydrogen) atoms. The highest BCUT2D eigenvalue weighted by atomic mass is 35.5. The summed E-state index contributed by atoms with van der Waals surface area (Å²) >= 11 is 0. The third-order valence-corrected chi connectivity index (χ3v) is 3.85. The summed E-state index contributed by atoms with van der Waals surface area (Å²) in [5.41, 5.74) is 2.37. The molecule has 138 valence electrons. The molecule has 0 unspecified atom stereocenters. The van der Waals surface area contributed by atoms with Crippen molar-refractivity contribution in [3.8, 4) is 11.5 Å². The van der Waals surface area contributed by atoms with Gasteiger partial charge in [-0.15, -0.1) is 19.0 Å². The SMILES string of the molecule is C=CCc1cc(CNCCCCCCC)cc(OC)c1OCC.Cl. The van der Waals surface area contributed by atoms with Gasteiger partial charge in [-0.05, 0) is 37.9 Å². The first kappa shape index (κ1) is 22.8. The lowest BCUT2D eigenvalue weighted by Crippen LogP contribution is -2.15. The van der Waals surface area contributed by atoms with Crippen LogP contribution in [0.15, 0.2) is 24.8 Å². The van der Waals surface area contributed by atoms with Crippen molar-refractivity contribution in [3.63, 3.8) is 0 Å². The largest absolute Gasteiger partial charge is 0.493 e. The van der Waals surface area contributed by atoms with E-state index in [1.165, 1.54) is 37.7 Å². The molecule has 1 aromatic rings. The van der Waals surface area contributed by atoms with Gasteiger partial charge in [-0.25, -0.2) is 0 Å². The van der Waals surface area contributed by atoms with E-state index in [4.69, 9.17) is 9.47 Å². The second-order valence-corrected chi connectivity index (χ2v) is 5.80. The number of benzene rings is 1. The first-order chi connectivity index (χ1) is 11.3. The van der Waals surface area contributed by atoms with Crippen molar-refractivity contribution in [2.45, 2.75) is 58.9 Å². The molecule has 0 atom stereocenters. The topological polar surface area (TPSA) is 30.5 Å². The molecule has 0 fully saturated rings. The van der Waals surface area contributed by atoms with Gasteiger partial charge < -0.3 is 14.8 Å². The van der Waals surface area contributed by atoms with Gasteiger partial charge in [0.15, 0.2) is 11.5 Å². The summed E-state index contributed by atoms with van der Waals surface area (Å²) in [6, 6.07) is 4.26. The molecule has 4 heteroatoms. The number of halogens is 1. The van der Waals surface area contributed by atoms with Crippen LogP contribution < -0.4 is 14.8 Å². The van der Waals surface area contributed by atoms with Crippen molar-refractivity contribution in [3.05, 3.63) is 35.9 Å². The molecular formula is C20H34ClNO2. The average molecular weight is 356 g/mol. The van der Waals surface area contributed by atoms with Crippen molar-refractivity contribution >= 4 is 12.4 Å². The van der Waals surface area contributed by atoms with Crippen LogP contribution in [0.25, 0.3) is 0 Å². The highest BCUT2D eigenvalue weighted by Gasteiger charge is 2.12. The third-order valence-electron chi connectivity index (χ3n) is 3.85. The second kappa shape index (κ2) is 14.2. The molecule has 3 nitrogen and oxygen atoms in total. The summed E-state index contributed by atoms with van der Waals surface area (Å²) in [6.45, 7) is 10.6. The van der Waals surface area contributed by atoms with Crippen LogP contribution in [0, 0.1) is 0 Å². The minimum Gasteiger partial charge on any atom is -0.493 e. The first-order valence-electron chi connectivity index (χ1n) is 8.90. The van der Waals surface area contributed by atoms with E-state index in [1.807, 2.05) is 13.0 Å².